The summed E-state index contributed by atoms with van der Waals surface area (Å²) in [7, 11) is 0. The molecule has 0 aliphatic heterocycles. The van der Waals surface area contributed by atoms with Crippen molar-refractivity contribution >= 4 is 17.9 Å². The van der Waals surface area contributed by atoms with Gasteiger partial charge in [-0.05, 0) is 96.3 Å². The lowest BCUT2D eigenvalue weighted by Gasteiger charge is -2.18. The molecule has 6 nitrogen and oxygen atoms in total. The van der Waals surface area contributed by atoms with E-state index in [1.54, 1.807) is 0 Å². The average Bonchev–Trinajstić information content (AvgIpc) is 3.22. The summed E-state index contributed by atoms with van der Waals surface area (Å²) in [4.78, 5) is 37.7. The van der Waals surface area contributed by atoms with E-state index in [-0.39, 0.29) is 37.5 Å². The maximum atomic E-state index is 12.7. The minimum absolute atomic E-state index is 0.110. The van der Waals surface area contributed by atoms with Gasteiger partial charge in [0.1, 0.15) is 13.2 Å². The molecule has 6 heteroatoms. The minimum atomic E-state index is -0.813. The molecule has 1 unspecified atom stereocenters. The number of rotatable bonds is 40. The lowest BCUT2D eigenvalue weighted by atomic mass is 10.1. The molecule has 0 saturated carbocycles. The van der Waals surface area contributed by atoms with Crippen molar-refractivity contribution < 1.29 is 28.6 Å². The van der Waals surface area contributed by atoms with Crippen LogP contribution >= 0.6 is 0 Å². The second kappa shape index (κ2) is 46.0. The van der Waals surface area contributed by atoms with E-state index in [1.807, 2.05) is 12.2 Å². The van der Waals surface area contributed by atoms with E-state index in [0.29, 0.717) is 19.3 Å². The van der Waals surface area contributed by atoms with E-state index < -0.39 is 6.10 Å². The largest absolute Gasteiger partial charge is 0.462 e. The Kier molecular flexibility index (Phi) is 43.1. The molecule has 0 amide bonds. The van der Waals surface area contributed by atoms with E-state index in [9.17, 15) is 14.4 Å². The number of unbranched alkanes of at least 4 members (excludes halogenated alkanes) is 13. The van der Waals surface area contributed by atoms with Crippen LogP contribution in [0.15, 0.2) is 97.2 Å². The molecule has 58 heavy (non-hydrogen) atoms. The van der Waals surface area contributed by atoms with Gasteiger partial charge in [-0.15, -0.1) is 0 Å². The summed E-state index contributed by atoms with van der Waals surface area (Å²) in [6, 6.07) is 0. The van der Waals surface area contributed by atoms with E-state index in [4.69, 9.17) is 14.2 Å². The van der Waals surface area contributed by atoms with Crippen LogP contribution in [0.2, 0.25) is 0 Å². The summed E-state index contributed by atoms with van der Waals surface area (Å²) in [6.07, 6.45) is 59.8. The lowest BCUT2D eigenvalue weighted by molar-refractivity contribution is -0.166. The van der Waals surface area contributed by atoms with Crippen LogP contribution in [0.3, 0.4) is 0 Å². The molecule has 0 aliphatic rings. The Morgan fingerprint density at radius 1 is 0.362 bits per heavy atom. The molecular formula is C52H84O6. The fourth-order valence-electron chi connectivity index (χ4n) is 5.80. The number of hydrogen-bond acceptors (Lipinski definition) is 6. The Morgan fingerprint density at radius 2 is 0.741 bits per heavy atom. The standard InChI is InChI=1S/C52H84O6/c1-4-7-10-13-16-19-22-23-24-25-26-27-28-29-31-33-36-39-42-45-51(54)57-48-49(47-56-50(53)44-41-38-35-32-21-18-15-12-9-6-3)58-52(55)46-43-40-37-34-30-20-17-14-11-8-5-2/h7,10,12,14-17,19,23-24,26-27,29,31,36,39,49H,4-6,8-9,11,13,18,20-22,25,28,30,32-35,37-38,40-48H2,1-3H3/b10-7-,15-12-,17-14-,19-16-,24-23-,27-26-,31-29-,39-36-. The molecule has 0 spiro atoms. The molecule has 0 aromatic heterocycles. The van der Waals surface area contributed by atoms with Crippen LogP contribution in [0, 0.1) is 0 Å². The van der Waals surface area contributed by atoms with Crippen LogP contribution in [0.25, 0.3) is 0 Å². The number of carbonyl (C=O) groups excluding carboxylic acids is 3. The predicted octanol–water partition coefficient (Wildman–Crippen LogP) is 15.0. The fraction of sp³-hybridized carbons (Fsp3) is 0.635. The van der Waals surface area contributed by atoms with Crippen LogP contribution in [-0.4, -0.2) is 37.2 Å². The van der Waals surface area contributed by atoms with E-state index in [1.165, 1.54) is 38.5 Å². The quantitative estimate of drug-likeness (QED) is 0.0266. The van der Waals surface area contributed by atoms with Crippen LogP contribution in [0.1, 0.15) is 194 Å². The van der Waals surface area contributed by atoms with Crippen molar-refractivity contribution in [3.8, 4) is 0 Å². The molecule has 0 bridgehead atoms. The topological polar surface area (TPSA) is 78.9 Å². The maximum absolute atomic E-state index is 12.7. The fourth-order valence-corrected chi connectivity index (χ4v) is 5.80. The lowest BCUT2D eigenvalue weighted by Crippen LogP contribution is -2.30. The van der Waals surface area contributed by atoms with Crippen molar-refractivity contribution in [1.82, 2.24) is 0 Å². The molecular weight excluding hydrogens is 721 g/mol. The molecule has 0 aliphatic carbocycles. The minimum Gasteiger partial charge on any atom is -0.462 e. The van der Waals surface area contributed by atoms with Gasteiger partial charge in [-0.3, -0.25) is 14.4 Å². The Morgan fingerprint density at radius 3 is 1.22 bits per heavy atom. The van der Waals surface area contributed by atoms with E-state index >= 15 is 0 Å². The first kappa shape index (κ1) is 54.3. The summed E-state index contributed by atoms with van der Waals surface area (Å²) >= 11 is 0. The zero-order valence-electron chi connectivity index (χ0n) is 37.3. The third kappa shape index (κ3) is 43.5. The Bertz CT molecular complexity index is 1200. The monoisotopic (exact) mass is 805 g/mol. The number of ether oxygens (including phenoxy) is 3. The van der Waals surface area contributed by atoms with Gasteiger partial charge in [-0.2, -0.15) is 0 Å². The van der Waals surface area contributed by atoms with Crippen molar-refractivity contribution in [2.45, 2.75) is 200 Å². The number of hydrogen-bond donors (Lipinski definition) is 0. The first-order chi connectivity index (χ1) is 28.5. The Labute approximate surface area is 356 Å². The summed E-state index contributed by atoms with van der Waals surface area (Å²) < 4.78 is 16.6. The first-order valence-electron chi connectivity index (χ1n) is 23.2. The normalized spacial score (nSPS) is 12.9. The molecule has 0 aromatic carbocycles. The van der Waals surface area contributed by atoms with Gasteiger partial charge in [0.2, 0.25) is 0 Å². The van der Waals surface area contributed by atoms with Gasteiger partial charge in [0.15, 0.2) is 6.10 Å². The highest BCUT2D eigenvalue weighted by Gasteiger charge is 2.19. The summed E-state index contributed by atoms with van der Waals surface area (Å²) in [5.74, 6) is -1.03. The van der Waals surface area contributed by atoms with Crippen molar-refractivity contribution in [3.05, 3.63) is 97.2 Å². The van der Waals surface area contributed by atoms with Crippen molar-refractivity contribution in [2.24, 2.45) is 0 Å². The van der Waals surface area contributed by atoms with Gasteiger partial charge in [0.25, 0.3) is 0 Å². The van der Waals surface area contributed by atoms with Gasteiger partial charge in [0, 0.05) is 19.3 Å². The molecule has 0 fully saturated rings. The predicted molar refractivity (Wildman–Crippen MR) is 247 cm³/mol. The molecule has 328 valence electrons. The Balaban J connectivity index is 4.49. The van der Waals surface area contributed by atoms with Crippen LogP contribution in [0.4, 0.5) is 0 Å². The van der Waals surface area contributed by atoms with Crippen LogP contribution in [0.5, 0.6) is 0 Å². The number of carbonyl (C=O) groups is 3. The zero-order valence-corrected chi connectivity index (χ0v) is 37.3. The van der Waals surface area contributed by atoms with Gasteiger partial charge >= 0.3 is 17.9 Å². The Hall–Kier alpha value is -3.67. The molecule has 1 atom stereocenters. The third-order valence-corrected chi connectivity index (χ3v) is 9.29. The maximum Gasteiger partial charge on any atom is 0.306 e. The second-order valence-electron chi connectivity index (χ2n) is 14.9. The highest BCUT2D eigenvalue weighted by Crippen LogP contribution is 2.12. The smallest absolute Gasteiger partial charge is 0.306 e. The summed E-state index contributed by atoms with van der Waals surface area (Å²) in [5.41, 5.74) is 0. The molecule has 0 rings (SSSR count). The summed E-state index contributed by atoms with van der Waals surface area (Å²) in [5, 5.41) is 0. The summed E-state index contributed by atoms with van der Waals surface area (Å²) in [6.45, 7) is 6.31. The first-order valence-corrected chi connectivity index (χ1v) is 23.2. The number of allylic oxidation sites excluding steroid dienone is 16. The van der Waals surface area contributed by atoms with E-state index in [2.05, 4.69) is 106 Å². The van der Waals surface area contributed by atoms with Crippen LogP contribution < -0.4 is 0 Å². The molecule has 0 saturated heterocycles. The molecule has 0 aromatic rings. The second-order valence-corrected chi connectivity index (χ2v) is 14.9. The molecule has 0 heterocycles. The van der Waals surface area contributed by atoms with Crippen molar-refractivity contribution in [2.75, 3.05) is 13.2 Å². The highest BCUT2D eigenvalue weighted by molar-refractivity contribution is 5.71. The molecule has 0 N–H and O–H groups in total. The zero-order chi connectivity index (χ0) is 42.3. The van der Waals surface area contributed by atoms with Crippen molar-refractivity contribution in [3.63, 3.8) is 0 Å². The number of esters is 3. The van der Waals surface area contributed by atoms with Gasteiger partial charge in [-0.1, -0.05) is 176 Å². The average molecular weight is 805 g/mol. The third-order valence-electron chi connectivity index (χ3n) is 9.29. The highest BCUT2D eigenvalue weighted by atomic mass is 16.6. The van der Waals surface area contributed by atoms with Crippen molar-refractivity contribution in [1.29, 1.82) is 0 Å². The SMILES string of the molecule is CC/C=C\C/C=C\C/C=C\C/C=C\C/C=C\C/C=C\CCC(=O)OCC(COC(=O)CCCCCCC/C=C\CCC)OC(=O)CCCCCCC/C=C\CCCC. The van der Waals surface area contributed by atoms with Gasteiger partial charge in [0.05, 0.1) is 0 Å². The van der Waals surface area contributed by atoms with E-state index in [0.717, 1.165) is 109 Å². The van der Waals surface area contributed by atoms with Crippen LogP contribution in [-0.2, 0) is 28.6 Å². The van der Waals surface area contributed by atoms with Gasteiger partial charge in [-0.25, -0.2) is 0 Å². The van der Waals surface area contributed by atoms with Gasteiger partial charge < -0.3 is 14.2 Å². The molecule has 0 radical (unpaired) electrons.